The summed E-state index contributed by atoms with van der Waals surface area (Å²) in [6.07, 6.45) is 1.67. The van der Waals surface area contributed by atoms with Gasteiger partial charge in [-0.2, -0.15) is 0 Å². The Balaban J connectivity index is 2.85. The number of phenols is 1. The van der Waals surface area contributed by atoms with Crippen molar-refractivity contribution in [1.29, 1.82) is 0 Å². The molecular weight excluding hydrogens is 171 g/mol. The number of fused-ring (bicyclic) bond motifs is 1. The largest absolute Gasteiger partial charge is 0.504 e. The second-order valence-corrected chi connectivity index (χ2v) is 2.84. The fourth-order valence-electron chi connectivity index (χ4n) is 1.41. The molecule has 0 atom stereocenters. The van der Waals surface area contributed by atoms with Crippen LogP contribution in [0.3, 0.4) is 0 Å². The summed E-state index contributed by atoms with van der Waals surface area (Å²) in [7, 11) is 0. The van der Waals surface area contributed by atoms with Crippen molar-refractivity contribution in [3.63, 3.8) is 0 Å². The molecule has 2 aromatic rings. The maximum Gasteiger partial charge on any atom is 0.165 e. The SMILES string of the molecule is NCc1c[nH]c2ccc(F)c(O)c12. The molecule has 68 valence electrons. The molecule has 0 radical (unpaired) electrons. The molecule has 0 aliphatic carbocycles. The van der Waals surface area contributed by atoms with E-state index in [1.54, 1.807) is 12.3 Å². The Morgan fingerprint density at radius 3 is 2.92 bits per heavy atom. The van der Waals surface area contributed by atoms with E-state index in [-0.39, 0.29) is 12.3 Å². The third kappa shape index (κ3) is 1.07. The number of aromatic hydroxyl groups is 1. The lowest BCUT2D eigenvalue weighted by molar-refractivity contribution is 0.438. The highest BCUT2D eigenvalue weighted by Crippen LogP contribution is 2.29. The Labute approximate surface area is 74.0 Å². The molecule has 0 fully saturated rings. The fraction of sp³-hybridized carbons (Fsp3) is 0.111. The number of halogens is 1. The van der Waals surface area contributed by atoms with Gasteiger partial charge in [-0.15, -0.1) is 0 Å². The first kappa shape index (κ1) is 8.07. The zero-order valence-electron chi connectivity index (χ0n) is 6.84. The smallest absolute Gasteiger partial charge is 0.165 e. The highest BCUT2D eigenvalue weighted by atomic mass is 19.1. The number of phenolic OH excluding ortho intramolecular Hbond substituents is 1. The van der Waals surface area contributed by atoms with E-state index in [1.807, 2.05) is 0 Å². The molecular formula is C9H9FN2O. The van der Waals surface area contributed by atoms with E-state index < -0.39 is 5.82 Å². The summed E-state index contributed by atoms with van der Waals surface area (Å²) in [5.41, 5.74) is 6.83. The number of benzene rings is 1. The van der Waals surface area contributed by atoms with E-state index in [2.05, 4.69) is 4.98 Å². The van der Waals surface area contributed by atoms with Gasteiger partial charge in [-0.25, -0.2) is 4.39 Å². The second kappa shape index (κ2) is 2.74. The topological polar surface area (TPSA) is 62.0 Å². The van der Waals surface area contributed by atoms with Crippen molar-refractivity contribution in [3.8, 4) is 5.75 Å². The van der Waals surface area contributed by atoms with Crippen molar-refractivity contribution in [2.45, 2.75) is 6.54 Å². The van der Waals surface area contributed by atoms with Crippen LogP contribution in [0.5, 0.6) is 5.75 Å². The highest BCUT2D eigenvalue weighted by molar-refractivity contribution is 5.89. The molecule has 0 unspecified atom stereocenters. The second-order valence-electron chi connectivity index (χ2n) is 2.84. The summed E-state index contributed by atoms with van der Waals surface area (Å²) < 4.78 is 12.9. The minimum atomic E-state index is -0.623. The Bertz CT molecular complexity index is 450. The highest BCUT2D eigenvalue weighted by Gasteiger charge is 2.10. The van der Waals surface area contributed by atoms with Crippen molar-refractivity contribution in [2.24, 2.45) is 5.73 Å². The average molecular weight is 180 g/mol. The Morgan fingerprint density at radius 1 is 1.46 bits per heavy atom. The van der Waals surface area contributed by atoms with Gasteiger partial charge in [-0.1, -0.05) is 0 Å². The van der Waals surface area contributed by atoms with Crippen LogP contribution >= 0.6 is 0 Å². The number of rotatable bonds is 1. The predicted octanol–water partition coefficient (Wildman–Crippen LogP) is 1.47. The van der Waals surface area contributed by atoms with Crippen LogP contribution in [0.2, 0.25) is 0 Å². The number of nitrogens with two attached hydrogens (primary N) is 1. The van der Waals surface area contributed by atoms with E-state index >= 15 is 0 Å². The molecule has 0 bridgehead atoms. The van der Waals surface area contributed by atoms with Crippen LogP contribution in [-0.2, 0) is 6.54 Å². The lowest BCUT2D eigenvalue weighted by Gasteiger charge is -1.98. The van der Waals surface area contributed by atoms with E-state index in [0.29, 0.717) is 16.5 Å². The number of aromatic amines is 1. The minimum absolute atomic E-state index is 0.275. The molecule has 1 aromatic heterocycles. The van der Waals surface area contributed by atoms with E-state index in [1.165, 1.54) is 6.07 Å². The molecule has 0 saturated heterocycles. The van der Waals surface area contributed by atoms with E-state index in [0.717, 1.165) is 0 Å². The van der Waals surface area contributed by atoms with Crippen molar-refractivity contribution < 1.29 is 9.50 Å². The number of hydrogen-bond donors (Lipinski definition) is 3. The number of nitrogens with one attached hydrogen (secondary N) is 1. The van der Waals surface area contributed by atoms with Crippen molar-refractivity contribution in [1.82, 2.24) is 4.98 Å². The molecule has 0 aliphatic rings. The van der Waals surface area contributed by atoms with Crippen LogP contribution in [0.1, 0.15) is 5.56 Å². The molecule has 13 heavy (non-hydrogen) atoms. The van der Waals surface area contributed by atoms with Crippen molar-refractivity contribution >= 4 is 10.9 Å². The van der Waals surface area contributed by atoms with Crippen molar-refractivity contribution in [3.05, 3.63) is 29.7 Å². The summed E-state index contributed by atoms with van der Waals surface area (Å²) in [6, 6.07) is 2.79. The zero-order chi connectivity index (χ0) is 9.42. The summed E-state index contributed by atoms with van der Waals surface area (Å²) >= 11 is 0. The zero-order valence-corrected chi connectivity index (χ0v) is 6.84. The van der Waals surface area contributed by atoms with Gasteiger partial charge >= 0.3 is 0 Å². The minimum Gasteiger partial charge on any atom is -0.504 e. The fourth-order valence-corrected chi connectivity index (χ4v) is 1.41. The first-order chi connectivity index (χ1) is 6.24. The van der Waals surface area contributed by atoms with Gasteiger partial charge in [0, 0.05) is 23.6 Å². The molecule has 1 aromatic carbocycles. The maximum absolute atomic E-state index is 12.9. The normalized spacial score (nSPS) is 10.9. The third-order valence-corrected chi connectivity index (χ3v) is 2.07. The third-order valence-electron chi connectivity index (χ3n) is 2.07. The van der Waals surface area contributed by atoms with Gasteiger partial charge in [0.25, 0.3) is 0 Å². The first-order valence-corrected chi connectivity index (χ1v) is 3.91. The number of aromatic nitrogens is 1. The Morgan fingerprint density at radius 2 is 2.23 bits per heavy atom. The summed E-state index contributed by atoms with van der Waals surface area (Å²) in [5.74, 6) is -0.957. The summed E-state index contributed by atoms with van der Waals surface area (Å²) in [4.78, 5) is 2.90. The molecule has 2 rings (SSSR count). The van der Waals surface area contributed by atoms with Crippen molar-refractivity contribution in [2.75, 3.05) is 0 Å². The average Bonchev–Trinajstić information content (AvgIpc) is 2.55. The van der Waals surface area contributed by atoms with Gasteiger partial charge in [0.2, 0.25) is 0 Å². The van der Waals surface area contributed by atoms with Crippen LogP contribution in [0, 0.1) is 5.82 Å². The number of H-pyrrole nitrogens is 1. The van der Waals surface area contributed by atoms with Gasteiger partial charge in [0.05, 0.1) is 0 Å². The standard InChI is InChI=1S/C9H9FN2O/c10-6-1-2-7-8(9(6)13)5(3-11)4-12-7/h1-2,4,12-13H,3,11H2. The first-order valence-electron chi connectivity index (χ1n) is 3.91. The molecule has 0 amide bonds. The summed E-state index contributed by atoms with van der Waals surface area (Å²) in [6.45, 7) is 0.275. The van der Waals surface area contributed by atoms with Crippen LogP contribution < -0.4 is 5.73 Å². The van der Waals surface area contributed by atoms with Gasteiger partial charge in [-0.3, -0.25) is 0 Å². The number of hydrogen-bond acceptors (Lipinski definition) is 2. The van der Waals surface area contributed by atoms with Gasteiger partial charge in [0.15, 0.2) is 11.6 Å². The molecule has 0 saturated carbocycles. The van der Waals surface area contributed by atoms with Crippen LogP contribution in [0.25, 0.3) is 10.9 Å². The van der Waals surface area contributed by atoms with Crippen LogP contribution in [0.4, 0.5) is 4.39 Å². The molecule has 0 aliphatic heterocycles. The predicted molar refractivity (Wildman–Crippen MR) is 47.8 cm³/mol. The lowest BCUT2D eigenvalue weighted by atomic mass is 10.1. The monoisotopic (exact) mass is 180 g/mol. The molecule has 4 N–H and O–H groups in total. The molecule has 1 heterocycles. The maximum atomic E-state index is 12.9. The molecule has 4 heteroatoms. The Hall–Kier alpha value is -1.55. The summed E-state index contributed by atoms with van der Waals surface area (Å²) in [5, 5.41) is 9.88. The van der Waals surface area contributed by atoms with Gasteiger partial charge in [0.1, 0.15) is 0 Å². The molecule has 3 nitrogen and oxygen atoms in total. The van der Waals surface area contributed by atoms with Crippen LogP contribution in [0.15, 0.2) is 18.3 Å². The quantitative estimate of drug-likeness (QED) is 0.622. The van der Waals surface area contributed by atoms with Crippen LogP contribution in [-0.4, -0.2) is 10.1 Å². The Kier molecular flexibility index (Phi) is 1.70. The van der Waals surface area contributed by atoms with E-state index in [9.17, 15) is 9.50 Å². The van der Waals surface area contributed by atoms with E-state index in [4.69, 9.17) is 5.73 Å². The lowest BCUT2D eigenvalue weighted by Crippen LogP contribution is -1.94. The molecule has 0 spiro atoms. The van der Waals surface area contributed by atoms with Gasteiger partial charge in [-0.05, 0) is 17.7 Å². The van der Waals surface area contributed by atoms with Gasteiger partial charge < -0.3 is 15.8 Å².